The largest absolute Gasteiger partial charge is 0.381 e. The van der Waals surface area contributed by atoms with E-state index in [4.69, 9.17) is 4.74 Å². The van der Waals surface area contributed by atoms with Crippen molar-refractivity contribution in [2.45, 2.75) is 19.4 Å². The Labute approximate surface area is 117 Å². The summed E-state index contributed by atoms with van der Waals surface area (Å²) in [6.07, 6.45) is 2.88. The number of nitro groups is 1. The van der Waals surface area contributed by atoms with Crippen molar-refractivity contribution in [2.24, 2.45) is 11.0 Å². The predicted molar refractivity (Wildman–Crippen MR) is 77.0 cm³/mol. The highest BCUT2D eigenvalue weighted by molar-refractivity contribution is 8.13. The molecule has 1 aliphatic heterocycles. The van der Waals surface area contributed by atoms with Crippen LogP contribution in [0.4, 0.5) is 0 Å². The Balaban J connectivity index is 2.32. The monoisotopic (exact) mass is 290 g/mol. The Kier molecular flexibility index (Phi) is 7.11. The van der Waals surface area contributed by atoms with Gasteiger partial charge in [-0.15, -0.1) is 0 Å². The van der Waals surface area contributed by atoms with E-state index >= 15 is 0 Å². The number of hydrogen-bond acceptors (Lipinski definition) is 5. The average molecular weight is 290 g/mol. The lowest BCUT2D eigenvalue weighted by molar-refractivity contribution is -0.484. The van der Waals surface area contributed by atoms with Crippen LogP contribution in [0.5, 0.6) is 0 Å². The molecule has 0 aromatic carbocycles. The van der Waals surface area contributed by atoms with Gasteiger partial charge in [0, 0.05) is 25.7 Å². The standard InChI is InChI=1S/C11H22N4O3S/c1-9(6-12-11(19-3)13-15(16)17)14(2)7-10-4-5-18-8-10/h9-10H,4-8H2,1-3H3,(H,12,13). The van der Waals surface area contributed by atoms with E-state index in [0.717, 1.165) is 26.2 Å². The minimum absolute atomic E-state index is 0.282. The molecule has 110 valence electrons. The number of likely N-dealkylation sites (N-methyl/N-ethyl adjacent to an activating group) is 1. The fourth-order valence-corrected chi connectivity index (χ4v) is 2.30. The Morgan fingerprint density at radius 2 is 2.47 bits per heavy atom. The first-order valence-corrected chi connectivity index (χ1v) is 7.54. The molecule has 7 nitrogen and oxygen atoms in total. The fourth-order valence-electron chi connectivity index (χ4n) is 1.93. The zero-order valence-electron chi connectivity index (χ0n) is 11.7. The molecule has 0 aliphatic carbocycles. The molecule has 0 aromatic heterocycles. The first-order valence-electron chi connectivity index (χ1n) is 6.31. The van der Waals surface area contributed by atoms with Crippen LogP contribution in [0.15, 0.2) is 5.10 Å². The Morgan fingerprint density at radius 1 is 1.74 bits per heavy atom. The summed E-state index contributed by atoms with van der Waals surface area (Å²) in [5.74, 6) is 0.597. The van der Waals surface area contributed by atoms with E-state index in [1.165, 1.54) is 11.8 Å². The summed E-state index contributed by atoms with van der Waals surface area (Å²) >= 11 is 1.24. The van der Waals surface area contributed by atoms with Gasteiger partial charge in [0.2, 0.25) is 5.17 Å². The molecule has 0 aromatic rings. The lowest BCUT2D eigenvalue weighted by atomic mass is 10.1. The Morgan fingerprint density at radius 3 is 3.00 bits per heavy atom. The van der Waals surface area contributed by atoms with E-state index in [2.05, 4.69) is 29.3 Å². The van der Waals surface area contributed by atoms with Crippen molar-refractivity contribution in [3.63, 3.8) is 0 Å². The number of amidine groups is 1. The molecular formula is C11H22N4O3S. The molecule has 1 rings (SSSR count). The zero-order chi connectivity index (χ0) is 14.3. The van der Waals surface area contributed by atoms with E-state index in [0.29, 0.717) is 17.6 Å². The third kappa shape index (κ3) is 6.22. The van der Waals surface area contributed by atoms with E-state index in [1.54, 1.807) is 6.26 Å². The van der Waals surface area contributed by atoms with Gasteiger partial charge in [0.05, 0.1) is 11.7 Å². The van der Waals surface area contributed by atoms with Crippen LogP contribution in [0, 0.1) is 16.0 Å². The summed E-state index contributed by atoms with van der Waals surface area (Å²) < 4.78 is 5.36. The minimum Gasteiger partial charge on any atom is -0.381 e. The first kappa shape index (κ1) is 16.2. The number of hydrogen-bond donors (Lipinski definition) is 1. The van der Waals surface area contributed by atoms with Gasteiger partial charge in [0.25, 0.3) is 0 Å². The van der Waals surface area contributed by atoms with Gasteiger partial charge < -0.3 is 15.0 Å². The second-order valence-corrected chi connectivity index (χ2v) is 5.54. The van der Waals surface area contributed by atoms with Crippen LogP contribution >= 0.6 is 11.8 Å². The average Bonchev–Trinajstić information content (AvgIpc) is 2.86. The molecule has 2 unspecified atom stereocenters. The van der Waals surface area contributed by atoms with E-state index < -0.39 is 5.03 Å². The lowest BCUT2D eigenvalue weighted by Gasteiger charge is -2.27. The molecule has 19 heavy (non-hydrogen) atoms. The maximum Gasteiger partial charge on any atom is 0.234 e. The highest BCUT2D eigenvalue weighted by Gasteiger charge is 2.20. The van der Waals surface area contributed by atoms with Gasteiger partial charge in [-0.1, -0.05) is 11.8 Å². The topological polar surface area (TPSA) is 80.0 Å². The molecule has 1 aliphatic rings. The third-order valence-electron chi connectivity index (χ3n) is 3.24. The molecule has 0 saturated carbocycles. The van der Waals surface area contributed by atoms with Crippen molar-refractivity contribution in [1.82, 2.24) is 10.2 Å². The molecular weight excluding hydrogens is 268 g/mol. The molecule has 0 amide bonds. The Hall–Kier alpha value is -0.860. The number of thioether (sulfide) groups is 1. The molecule has 0 spiro atoms. The van der Waals surface area contributed by atoms with Gasteiger partial charge in [-0.05, 0) is 32.6 Å². The molecule has 1 saturated heterocycles. The Bertz CT molecular complexity index is 321. The van der Waals surface area contributed by atoms with E-state index in [-0.39, 0.29) is 6.04 Å². The van der Waals surface area contributed by atoms with Crippen molar-refractivity contribution in [3.05, 3.63) is 10.1 Å². The van der Waals surface area contributed by atoms with Gasteiger partial charge in [0.1, 0.15) is 0 Å². The number of nitrogens with zero attached hydrogens (tertiary/aromatic N) is 3. The van der Waals surface area contributed by atoms with Gasteiger partial charge in [-0.2, -0.15) is 0 Å². The number of hydrazone groups is 1. The summed E-state index contributed by atoms with van der Waals surface area (Å²) in [7, 11) is 2.06. The molecule has 0 bridgehead atoms. The highest BCUT2D eigenvalue weighted by Crippen LogP contribution is 2.14. The molecule has 1 N–H and O–H groups in total. The zero-order valence-corrected chi connectivity index (χ0v) is 12.5. The van der Waals surface area contributed by atoms with Crippen LogP contribution in [0.1, 0.15) is 13.3 Å². The van der Waals surface area contributed by atoms with Crippen molar-refractivity contribution in [1.29, 1.82) is 0 Å². The third-order valence-corrected chi connectivity index (χ3v) is 3.85. The van der Waals surface area contributed by atoms with Crippen molar-refractivity contribution in [3.8, 4) is 0 Å². The highest BCUT2D eigenvalue weighted by atomic mass is 32.2. The van der Waals surface area contributed by atoms with Gasteiger partial charge in [-0.3, -0.25) is 0 Å². The first-order chi connectivity index (χ1) is 9.02. The van der Waals surface area contributed by atoms with Gasteiger partial charge in [-0.25, -0.2) is 10.1 Å². The molecule has 1 fully saturated rings. The smallest absolute Gasteiger partial charge is 0.234 e. The normalized spacial score (nSPS) is 21.7. The molecule has 0 radical (unpaired) electrons. The SMILES string of the molecule is CSC(=N[N+](=O)[O-])NCC(C)N(C)CC1CCOC1. The minimum atomic E-state index is -0.677. The summed E-state index contributed by atoms with van der Waals surface area (Å²) in [6.45, 7) is 5.41. The second-order valence-electron chi connectivity index (χ2n) is 4.75. The van der Waals surface area contributed by atoms with Crippen molar-refractivity contribution >= 4 is 16.9 Å². The van der Waals surface area contributed by atoms with Crippen LogP contribution in [-0.4, -0.2) is 60.7 Å². The molecule has 2 atom stereocenters. The predicted octanol–water partition coefficient (Wildman–Crippen LogP) is 0.843. The second kappa shape index (κ2) is 8.34. The van der Waals surface area contributed by atoms with Crippen LogP contribution in [0.2, 0.25) is 0 Å². The molecule has 1 heterocycles. The fraction of sp³-hybridized carbons (Fsp3) is 0.909. The van der Waals surface area contributed by atoms with Crippen molar-refractivity contribution in [2.75, 3.05) is 39.6 Å². The maximum atomic E-state index is 10.3. The number of ether oxygens (including phenoxy) is 1. The van der Waals surface area contributed by atoms with Gasteiger partial charge in [0.15, 0.2) is 5.03 Å². The summed E-state index contributed by atoms with van der Waals surface area (Å²) in [5.41, 5.74) is 0. The maximum absolute atomic E-state index is 10.3. The quantitative estimate of drug-likeness (QED) is 0.338. The lowest BCUT2D eigenvalue weighted by Crippen LogP contribution is -2.41. The van der Waals surface area contributed by atoms with Crippen LogP contribution in [-0.2, 0) is 4.74 Å². The summed E-state index contributed by atoms with van der Waals surface area (Å²) in [6, 6.07) is 0.282. The van der Waals surface area contributed by atoms with Crippen molar-refractivity contribution < 1.29 is 9.77 Å². The van der Waals surface area contributed by atoms with Gasteiger partial charge >= 0.3 is 0 Å². The summed E-state index contributed by atoms with van der Waals surface area (Å²) in [4.78, 5) is 12.6. The van der Waals surface area contributed by atoms with Crippen LogP contribution in [0.25, 0.3) is 0 Å². The number of nitrogens with one attached hydrogen (secondary N) is 1. The molecule has 8 heteroatoms. The number of rotatable bonds is 6. The van der Waals surface area contributed by atoms with Crippen LogP contribution in [0.3, 0.4) is 0 Å². The van der Waals surface area contributed by atoms with Crippen LogP contribution < -0.4 is 5.32 Å². The van der Waals surface area contributed by atoms with E-state index in [9.17, 15) is 10.1 Å². The van der Waals surface area contributed by atoms with E-state index in [1.807, 2.05) is 0 Å². The summed E-state index contributed by atoms with van der Waals surface area (Å²) in [5, 5.41) is 16.3.